The normalized spacial score (nSPS) is 32.2. The Morgan fingerprint density at radius 1 is 0.885 bits per heavy atom. The Balaban J connectivity index is 1.38. The molecule has 0 radical (unpaired) electrons. The van der Waals surface area contributed by atoms with E-state index in [1.54, 1.807) is 74.5 Å². The molecule has 0 unspecified atom stereocenters. The molecule has 324 valence electrons. The fourth-order valence-corrected chi connectivity index (χ4v) is 9.99. The number of esters is 4. The highest BCUT2D eigenvalue weighted by Crippen LogP contribution is 2.64. The van der Waals surface area contributed by atoms with E-state index in [9.17, 15) is 39.3 Å². The second-order valence-electron chi connectivity index (χ2n) is 17.0. The van der Waals surface area contributed by atoms with Crippen molar-refractivity contribution in [3.05, 3.63) is 107 Å². The molecule has 0 spiro atoms. The number of nitrogens with one attached hydrogen (secondary N) is 1. The van der Waals surface area contributed by atoms with Crippen molar-refractivity contribution in [3.63, 3.8) is 0 Å². The first kappa shape index (κ1) is 43.4. The number of rotatable bonds is 10. The van der Waals surface area contributed by atoms with Crippen LogP contribution in [0.2, 0.25) is 0 Å². The van der Waals surface area contributed by atoms with Gasteiger partial charge in [-0.05, 0) is 48.8 Å². The van der Waals surface area contributed by atoms with Crippen LogP contribution in [0.3, 0.4) is 0 Å². The van der Waals surface area contributed by atoms with Crippen molar-refractivity contribution < 1.29 is 72.2 Å². The van der Waals surface area contributed by atoms with E-state index in [-0.39, 0.29) is 35.3 Å². The van der Waals surface area contributed by atoms with Crippen LogP contribution < -0.4 is 5.32 Å². The number of carbonyl (C=O) groups is 6. The molecule has 1 aromatic heterocycles. The molecule has 1 saturated heterocycles. The van der Waals surface area contributed by atoms with Gasteiger partial charge >= 0.3 is 23.9 Å². The fourth-order valence-electron chi connectivity index (χ4n) is 9.99. The quantitative estimate of drug-likeness (QED) is 0.130. The highest BCUT2D eigenvalue weighted by Gasteiger charge is 2.78. The van der Waals surface area contributed by atoms with E-state index in [4.69, 9.17) is 28.1 Å². The lowest BCUT2D eigenvalue weighted by Crippen LogP contribution is -2.82. The number of fused-ring (bicyclic) bond motifs is 5. The van der Waals surface area contributed by atoms with Crippen LogP contribution in [-0.4, -0.2) is 105 Å². The van der Waals surface area contributed by atoms with E-state index in [0.29, 0.717) is 5.56 Å². The van der Waals surface area contributed by atoms with Crippen LogP contribution in [0.15, 0.2) is 94.8 Å². The van der Waals surface area contributed by atoms with Crippen molar-refractivity contribution in [2.24, 2.45) is 16.7 Å². The summed E-state index contributed by atoms with van der Waals surface area (Å²) in [7, 11) is 0. The number of ether oxygens (including phenoxy) is 5. The molecule has 1 amide bonds. The molecule has 4 N–H and O–H groups in total. The number of aliphatic hydroxyl groups is 3. The van der Waals surface area contributed by atoms with Crippen molar-refractivity contribution in [2.75, 3.05) is 6.61 Å². The van der Waals surface area contributed by atoms with Crippen molar-refractivity contribution in [1.82, 2.24) is 5.32 Å². The van der Waals surface area contributed by atoms with Crippen molar-refractivity contribution in [3.8, 4) is 0 Å². The summed E-state index contributed by atoms with van der Waals surface area (Å²) in [4.78, 5) is 83.1. The number of Topliss-reactive ketones (excluding diaryl/α,β-unsaturated/α-hetero) is 1. The Kier molecular flexibility index (Phi) is 11.4. The second-order valence-corrected chi connectivity index (χ2v) is 17.0. The van der Waals surface area contributed by atoms with Crippen LogP contribution >= 0.6 is 0 Å². The van der Waals surface area contributed by atoms with Crippen molar-refractivity contribution in [1.29, 1.82) is 0 Å². The minimum absolute atomic E-state index is 0.0181. The average molecular weight is 844 g/mol. The lowest BCUT2D eigenvalue weighted by atomic mass is 9.44. The zero-order chi connectivity index (χ0) is 44.2. The van der Waals surface area contributed by atoms with E-state index in [2.05, 4.69) is 5.32 Å². The zero-order valence-corrected chi connectivity index (χ0v) is 34.5. The molecule has 3 aliphatic carbocycles. The molecule has 2 saturated carbocycles. The van der Waals surface area contributed by atoms with Crippen LogP contribution in [0.1, 0.15) is 86.7 Å². The molecule has 3 fully saturated rings. The summed E-state index contributed by atoms with van der Waals surface area (Å²) < 4.78 is 35.2. The van der Waals surface area contributed by atoms with Gasteiger partial charge in [-0.3, -0.25) is 19.2 Å². The highest BCUT2D eigenvalue weighted by molar-refractivity contribution is 5.96. The lowest BCUT2D eigenvalue weighted by molar-refractivity contribution is -0.346. The Morgan fingerprint density at radius 3 is 2.11 bits per heavy atom. The maximum Gasteiger partial charge on any atom is 0.341 e. The van der Waals surface area contributed by atoms with Gasteiger partial charge in [0.25, 0.3) is 5.91 Å². The third-order valence-corrected chi connectivity index (χ3v) is 13.2. The molecule has 16 heteroatoms. The monoisotopic (exact) mass is 843 g/mol. The van der Waals surface area contributed by atoms with Gasteiger partial charge in [-0.1, -0.05) is 62.4 Å². The molecule has 7 rings (SSSR count). The molecule has 2 heterocycles. The van der Waals surface area contributed by atoms with Crippen molar-refractivity contribution >= 4 is 35.6 Å². The highest BCUT2D eigenvalue weighted by atomic mass is 16.6. The van der Waals surface area contributed by atoms with E-state index >= 15 is 4.79 Å². The van der Waals surface area contributed by atoms with Gasteiger partial charge < -0.3 is 48.7 Å². The predicted octanol–water partition coefficient (Wildman–Crippen LogP) is 3.33. The Labute approximate surface area is 351 Å². The number of carbonyl (C=O) groups excluding carboxylic acids is 6. The summed E-state index contributed by atoms with van der Waals surface area (Å²) in [6.07, 6.45) is -8.29. The number of furan rings is 1. The SMILES string of the molecule is CC(=O)O[C@H]1C(=O)[C@@]2(C)[C@H]([C@H](OC(=O)c3ccoc3)[C@]3(O)C[C@H](OC(=O)[C@H](O)[C@@H](NC(=O)c4ccccc4)c4ccccc4)C(C)=C1C3(C)C)[C@]1(OC(C)=O)CO[C@@H]1C[C@@H]2O. The third-order valence-electron chi connectivity index (χ3n) is 13.2. The summed E-state index contributed by atoms with van der Waals surface area (Å²) in [6.45, 7) is 7.87. The van der Waals surface area contributed by atoms with Crippen LogP contribution in [-0.2, 0) is 42.9 Å². The van der Waals surface area contributed by atoms with E-state index in [0.717, 1.165) is 20.1 Å². The standard InChI is InChI=1S/C45H49NO15/c1-23-29(59-41(54)34(50)33(26-13-9-7-10-14-26)46-39(52)27-15-11-8-12-16-27)20-45(55)38(60-40(53)28-17-18-56-21-28)36-43(6,30(49)19-31-44(36,22-57-31)61-25(3)48)37(51)35(58-24(2)47)32(23)42(45,4)5/h7-18,21,29-31,33-36,38,49-50,55H,19-20,22H2,1-6H3,(H,46,52)/t29-,30-,31+,33-,34+,35+,36-,38-,43+,44-,45+/m0/s1. The minimum atomic E-state index is -2.41. The summed E-state index contributed by atoms with van der Waals surface area (Å²) >= 11 is 0. The molecule has 2 bridgehead atoms. The molecule has 11 atom stereocenters. The summed E-state index contributed by atoms with van der Waals surface area (Å²) in [5.74, 6) is -6.99. The molecular weight excluding hydrogens is 794 g/mol. The lowest BCUT2D eigenvalue weighted by Gasteiger charge is -2.67. The third kappa shape index (κ3) is 7.14. The van der Waals surface area contributed by atoms with Gasteiger partial charge in [0, 0.05) is 37.7 Å². The van der Waals surface area contributed by atoms with Crippen LogP contribution in [0.4, 0.5) is 0 Å². The summed E-state index contributed by atoms with van der Waals surface area (Å²) in [5, 5.41) is 40.1. The van der Waals surface area contributed by atoms with E-state index in [1.807, 2.05) is 0 Å². The molecule has 61 heavy (non-hydrogen) atoms. The number of ketones is 1. The Bertz CT molecular complexity index is 2240. The number of benzene rings is 2. The first-order chi connectivity index (χ1) is 28.8. The minimum Gasteiger partial charge on any atom is -0.472 e. The summed E-state index contributed by atoms with van der Waals surface area (Å²) in [5.41, 5.74) is -7.26. The van der Waals surface area contributed by atoms with E-state index < -0.39 is 113 Å². The topological polar surface area (TPSA) is 234 Å². The van der Waals surface area contributed by atoms with E-state index in [1.165, 1.54) is 26.2 Å². The number of amides is 1. The molecule has 16 nitrogen and oxygen atoms in total. The van der Waals surface area contributed by atoms with Gasteiger partial charge in [-0.25, -0.2) is 9.59 Å². The molecule has 2 aromatic carbocycles. The van der Waals surface area contributed by atoms with Gasteiger partial charge in [0.15, 0.2) is 23.6 Å². The first-order valence-corrected chi connectivity index (χ1v) is 19.9. The molecular formula is C45H49NO15. The molecule has 3 aromatic rings. The number of aliphatic hydroxyl groups excluding tert-OH is 2. The summed E-state index contributed by atoms with van der Waals surface area (Å²) in [6, 6.07) is 16.3. The van der Waals surface area contributed by atoms with Gasteiger partial charge in [0.05, 0.1) is 41.9 Å². The first-order valence-electron chi connectivity index (χ1n) is 19.9. The van der Waals surface area contributed by atoms with Crippen molar-refractivity contribution in [2.45, 2.75) is 108 Å². The Hall–Kier alpha value is -5.68. The largest absolute Gasteiger partial charge is 0.472 e. The molecule has 1 aliphatic heterocycles. The predicted molar refractivity (Wildman–Crippen MR) is 210 cm³/mol. The van der Waals surface area contributed by atoms with Gasteiger partial charge in [0.1, 0.15) is 30.2 Å². The average Bonchev–Trinajstić information content (AvgIpc) is 3.77. The number of hydrogen-bond donors (Lipinski definition) is 4. The van der Waals surface area contributed by atoms with Crippen LogP contribution in [0, 0.1) is 16.7 Å². The molecule has 4 aliphatic rings. The number of hydrogen-bond acceptors (Lipinski definition) is 15. The maximum absolute atomic E-state index is 15.4. The Morgan fingerprint density at radius 2 is 1.54 bits per heavy atom. The van der Waals surface area contributed by atoms with Crippen LogP contribution in [0.5, 0.6) is 0 Å². The fraction of sp³-hybridized carbons (Fsp3) is 0.467. The van der Waals surface area contributed by atoms with Gasteiger partial charge in [0.2, 0.25) is 0 Å². The van der Waals surface area contributed by atoms with Gasteiger partial charge in [-0.15, -0.1) is 0 Å². The van der Waals surface area contributed by atoms with Gasteiger partial charge in [-0.2, -0.15) is 0 Å². The smallest absolute Gasteiger partial charge is 0.341 e. The van der Waals surface area contributed by atoms with Crippen LogP contribution in [0.25, 0.3) is 0 Å². The maximum atomic E-state index is 15.4. The second kappa shape index (κ2) is 16.0. The zero-order valence-electron chi connectivity index (χ0n) is 34.5.